The number of ether oxygens (including phenoxy) is 2. The molecule has 0 aromatic carbocycles. The summed E-state index contributed by atoms with van der Waals surface area (Å²) in [6, 6.07) is 6.12. The van der Waals surface area contributed by atoms with Gasteiger partial charge in [0.1, 0.15) is 19.8 Å². The summed E-state index contributed by atoms with van der Waals surface area (Å²) < 4.78 is 12.6. The normalized spacial score (nSPS) is 10.6. The van der Waals surface area contributed by atoms with Gasteiger partial charge in [-0.15, -0.1) is 0 Å². The van der Waals surface area contributed by atoms with Crippen molar-refractivity contribution in [2.24, 2.45) is 0 Å². The number of nitrogens with one attached hydrogen (secondary N) is 1. The quantitative estimate of drug-likeness (QED) is 0.0465. The zero-order valence-electron chi connectivity index (χ0n) is 27.4. The Balaban J connectivity index is 0.0000176. The molecule has 0 bridgehead atoms. The second-order valence-electron chi connectivity index (χ2n) is 11.8. The molecule has 0 aliphatic carbocycles. The Hall–Kier alpha value is -1.89. The monoisotopic (exact) mass is 666 g/mol. The molecular formula is C36H63BrN2O4. The standard InChI is InChI=1S/C36H62N2O4.BrH/c1-3-4-5-6-7-8-9-10-11-12-13-14-15-16-19-23-28-37-36(40)42-33-34(2)32-41-35(39)27-22-18-17-20-24-29-38-30-25-21-26-31-38;/h21,25-26,30-31H,2-20,22-24,27-29,32-33H2,1H3;1H. The van der Waals surface area contributed by atoms with E-state index in [9.17, 15) is 9.59 Å². The van der Waals surface area contributed by atoms with Gasteiger partial charge in [-0.05, 0) is 24.8 Å². The fraction of sp³-hybridized carbons (Fsp3) is 0.750. The van der Waals surface area contributed by atoms with Crippen molar-refractivity contribution in [2.75, 3.05) is 19.8 Å². The van der Waals surface area contributed by atoms with Gasteiger partial charge in [-0.3, -0.25) is 4.79 Å². The smallest absolute Gasteiger partial charge is 0.407 e. The first-order valence-corrected chi connectivity index (χ1v) is 17.3. The van der Waals surface area contributed by atoms with Gasteiger partial charge in [-0.25, -0.2) is 9.36 Å². The van der Waals surface area contributed by atoms with Gasteiger partial charge in [0.2, 0.25) is 0 Å². The van der Waals surface area contributed by atoms with Gasteiger partial charge in [0.15, 0.2) is 12.4 Å². The highest BCUT2D eigenvalue weighted by molar-refractivity contribution is 5.69. The van der Waals surface area contributed by atoms with E-state index < -0.39 is 6.09 Å². The largest absolute Gasteiger partial charge is 1.00 e. The van der Waals surface area contributed by atoms with E-state index in [2.05, 4.69) is 35.8 Å². The van der Waals surface area contributed by atoms with Crippen LogP contribution in [0.2, 0.25) is 0 Å². The predicted octanol–water partition coefficient (Wildman–Crippen LogP) is 6.41. The molecule has 0 fully saturated rings. The highest BCUT2D eigenvalue weighted by Gasteiger charge is 2.07. The van der Waals surface area contributed by atoms with Crippen molar-refractivity contribution in [1.29, 1.82) is 0 Å². The van der Waals surface area contributed by atoms with Gasteiger partial charge in [0, 0.05) is 31.5 Å². The summed E-state index contributed by atoms with van der Waals surface area (Å²) in [7, 11) is 0. The van der Waals surface area contributed by atoms with Crippen LogP contribution in [0.15, 0.2) is 42.7 Å². The van der Waals surface area contributed by atoms with Crippen LogP contribution in [0.3, 0.4) is 0 Å². The number of halogens is 1. The van der Waals surface area contributed by atoms with E-state index in [-0.39, 0.29) is 36.2 Å². The number of rotatable bonds is 29. The van der Waals surface area contributed by atoms with Crippen molar-refractivity contribution < 1.29 is 40.6 Å². The van der Waals surface area contributed by atoms with Crippen molar-refractivity contribution in [3.05, 3.63) is 42.7 Å². The molecule has 1 amide bonds. The third-order valence-electron chi connectivity index (χ3n) is 7.72. The number of pyridine rings is 1. The topological polar surface area (TPSA) is 68.5 Å². The summed E-state index contributed by atoms with van der Waals surface area (Å²) in [5.74, 6) is -0.219. The number of carbonyl (C=O) groups is 2. The SMILES string of the molecule is C=C(COC(=O)CCCCCCC[n+]1ccccc1)COC(=O)NCCCCCCCCCCCCCCCCCC.[Br-]. The zero-order valence-corrected chi connectivity index (χ0v) is 29.0. The average Bonchev–Trinajstić information content (AvgIpc) is 3.00. The van der Waals surface area contributed by atoms with E-state index in [0.29, 0.717) is 18.5 Å². The Labute approximate surface area is 274 Å². The first-order valence-electron chi connectivity index (χ1n) is 17.3. The van der Waals surface area contributed by atoms with Gasteiger partial charge < -0.3 is 31.8 Å². The van der Waals surface area contributed by atoms with E-state index in [1.165, 1.54) is 89.9 Å². The molecule has 43 heavy (non-hydrogen) atoms. The van der Waals surface area contributed by atoms with Crippen LogP contribution in [0.5, 0.6) is 0 Å². The molecule has 0 radical (unpaired) electrons. The van der Waals surface area contributed by atoms with Crippen molar-refractivity contribution in [3.63, 3.8) is 0 Å². The van der Waals surface area contributed by atoms with E-state index >= 15 is 0 Å². The number of aryl methyl sites for hydroxylation is 1. The van der Waals surface area contributed by atoms with Crippen molar-refractivity contribution in [3.8, 4) is 0 Å². The summed E-state index contributed by atoms with van der Waals surface area (Å²) >= 11 is 0. The zero-order chi connectivity index (χ0) is 30.4. The molecule has 0 saturated heterocycles. The molecule has 1 aromatic heterocycles. The summed E-state index contributed by atoms with van der Waals surface area (Å²) in [5, 5.41) is 2.80. The van der Waals surface area contributed by atoms with Crippen molar-refractivity contribution in [1.82, 2.24) is 5.32 Å². The molecule has 1 N–H and O–H groups in total. The van der Waals surface area contributed by atoms with Crippen molar-refractivity contribution in [2.45, 2.75) is 155 Å². The number of esters is 1. The van der Waals surface area contributed by atoms with Gasteiger partial charge in [0.05, 0.1) is 0 Å². The summed E-state index contributed by atoms with van der Waals surface area (Å²) in [6.45, 7) is 7.95. The number of nitrogens with zero attached hydrogens (tertiary/aromatic N) is 1. The van der Waals surface area contributed by atoms with Gasteiger partial charge >= 0.3 is 12.1 Å². The Morgan fingerprint density at radius 1 is 0.628 bits per heavy atom. The fourth-order valence-electron chi connectivity index (χ4n) is 5.06. The molecule has 0 unspecified atom stereocenters. The Morgan fingerprint density at radius 3 is 1.65 bits per heavy atom. The number of alkyl carbamates (subject to hydrolysis) is 1. The molecule has 0 aliphatic rings. The lowest BCUT2D eigenvalue weighted by atomic mass is 10.0. The minimum atomic E-state index is -0.436. The van der Waals surface area contributed by atoms with Crippen molar-refractivity contribution >= 4 is 12.1 Å². The highest BCUT2D eigenvalue weighted by Crippen LogP contribution is 2.13. The number of carbonyl (C=O) groups excluding carboxylic acids is 2. The third kappa shape index (κ3) is 28.6. The minimum absolute atomic E-state index is 0. The molecule has 248 valence electrons. The maximum atomic E-state index is 12.0. The van der Waals surface area contributed by atoms with Gasteiger partial charge in [-0.1, -0.05) is 129 Å². The van der Waals surface area contributed by atoms with E-state index in [1.807, 2.05) is 18.2 Å². The number of aromatic nitrogens is 1. The molecule has 0 saturated carbocycles. The van der Waals surface area contributed by atoms with Gasteiger partial charge in [-0.2, -0.15) is 0 Å². The predicted molar refractivity (Wildman–Crippen MR) is 173 cm³/mol. The van der Waals surface area contributed by atoms with Crippen LogP contribution in [0.1, 0.15) is 148 Å². The third-order valence-corrected chi connectivity index (χ3v) is 7.72. The molecule has 1 rings (SSSR count). The second-order valence-corrected chi connectivity index (χ2v) is 11.8. The van der Waals surface area contributed by atoms with E-state index in [4.69, 9.17) is 9.47 Å². The van der Waals surface area contributed by atoms with Crippen LogP contribution in [0.25, 0.3) is 0 Å². The molecule has 7 heteroatoms. The summed E-state index contributed by atoms with van der Waals surface area (Å²) in [4.78, 5) is 23.8. The van der Waals surface area contributed by atoms with Crippen LogP contribution in [0.4, 0.5) is 4.79 Å². The summed E-state index contributed by atoms with van der Waals surface area (Å²) in [6.07, 6.45) is 30.8. The highest BCUT2D eigenvalue weighted by atomic mass is 79.9. The Bertz CT molecular complexity index is 791. The Morgan fingerprint density at radius 2 is 1.09 bits per heavy atom. The molecule has 6 nitrogen and oxygen atoms in total. The molecule has 1 heterocycles. The maximum Gasteiger partial charge on any atom is 0.407 e. The lowest BCUT2D eigenvalue weighted by Crippen LogP contribution is -3.00. The first kappa shape index (κ1) is 41.1. The fourth-order valence-corrected chi connectivity index (χ4v) is 5.06. The number of hydrogen-bond acceptors (Lipinski definition) is 4. The summed E-state index contributed by atoms with van der Waals surface area (Å²) in [5.41, 5.74) is 0.583. The number of amides is 1. The first-order chi connectivity index (χ1) is 20.6. The van der Waals surface area contributed by atoms with E-state index in [1.54, 1.807) is 0 Å². The maximum absolute atomic E-state index is 12.0. The molecule has 0 aliphatic heterocycles. The number of unbranched alkanes of at least 4 members (excludes halogenated alkanes) is 19. The lowest BCUT2D eigenvalue weighted by Gasteiger charge is -2.10. The molecule has 0 spiro atoms. The minimum Gasteiger partial charge on any atom is -1.00 e. The van der Waals surface area contributed by atoms with Crippen LogP contribution in [-0.2, 0) is 20.8 Å². The molecule has 1 aromatic rings. The van der Waals surface area contributed by atoms with Crippen LogP contribution in [0, 0.1) is 0 Å². The Kier molecular flexibility index (Phi) is 30.1. The van der Waals surface area contributed by atoms with Crippen LogP contribution >= 0.6 is 0 Å². The molecular weight excluding hydrogens is 604 g/mol. The van der Waals surface area contributed by atoms with Gasteiger partial charge in [0.25, 0.3) is 0 Å². The molecule has 0 atom stereocenters. The van der Waals surface area contributed by atoms with Crippen LogP contribution < -0.4 is 26.9 Å². The lowest BCUT2D eigenvalue weighted by molar-refractivity contribution is -0.697. The number of hydrogen-bond donors (Lipinski definition) is 1. The average molecular weight is 668 g/mol. The van der Waals surface area contributed by atoms with Crippen LogP contribution in [-0.4, -0.2) is 31.8 Å². The van der Waals surface area contributed by atoms with E-state index in [0.717, 1.165) is 51.5 Å². The second kappa shape index (κ2) is 31.5.